The Balaban J connectivity index is 2.69. The van der Waals surface area contributed by atoms with E-state index in [1.807, 2.05) is 13.8 Å². The van der Waals surface area contributed by atoms with Gasteiger partial charge < -0.3 is 19.6 Å². The number of ether oxygens (including phenoxy) is 2. The van der Waals surface area contributed by atoms with Gasteiger partial charge in [0, 0.05) is 12.5 Å². The van der Waals surface area contributed by atoms with Crippen LogP contribution in [-0.4, -0.2) is 19.8 Å². The quantitative estimate of drug-likeness (QED) is 0.875. The van der Waals surface area contributed by atoms with Gasteiger partial charge in [-0.05, 0) is 32.5 Å². The Morgan fingerprint density at radius 3 is 2.60 bits per heavy atom. The molecule has 108 valence electrons. The highest BCUT2D eigenvalue weighted by molar-refractivity contribution is 5.85. The molecule has 20 heavy (non-hydrogen) atoms. The van der Waals surface area contributed by atoms with Crippen molar-refractivity contribution in [3.63, 3.8) is 0 Å². The van der Waals surface area contributed by atoms with Gasteiger partial charge >= 0.3 is 0 Å². The zero-order valence-electron chi connectivity index (χ0n) is 11.8. The summed E-state index contributed by atoms with van der Waals surface area (Å²) in [5.74, 6) is 1.61. The summed E-state index contributed by atoms with van der Waals surface area (Å²) in [5, 5.41) is 0.484. The number of hydrogen-bond donors (Lipinski definition) is 1. The van der Waals surface area contributed by atoms with Crippen LogP contribution >= 0.6 is 0 Å². The number of hydrogen-bond acceptors (Lipinski definition) is 5. The average Bonchev–Trinajstić information content (AvgIpc) is 2.42. The SMILES string of the molecule is CCOc1ccc2c(=O)cc(CCN)oc2c1OCC. The molecule has 0 bridgehead atoms. The number of nitrogens with two attached hydrogens (primary N) is 1. The molecule has 1 aromatic heterocycles. The predicted octanol–water partition coefficient (Wildman–Crippen LogP) is 2.09. The van der Waals surface area contributed by atoms with Gasteiger partial charge in [-0.2, -0.15) is 0 Å². The molecule has 0 spiro atoms. The Morgan fingerprint density at radius 2 is 1.95 bits per heavy atom. The highest BCUT2D eigenvalue weighted by Crippen LogP contribution is 2.35. The Labute approximate surface area is 117 Å². The van der Waals surface area contributed by atoms with E-state index >= 15 is 0 Å². The highest BCUT2D eigenvalue weighted by Gasteiger charge is 2.15. The lowest BCUT2D eigenvalue weighted by Crippen LogP contribution is -2.08. The summed E-state index contributed by atoms with van der Waals surface area (Å²) in [7, 11) is 0. The monoisotopic (exact) mass is 277 g/mol. The van der Waals surface area contributed by atoms with Gasteiger partial charge in [0.25, 0.3) is 0 Å². The topological polar surface area (TPSA) is 74.7 Å². The predicted molar refractivity (Wildman–Crippen MR) is 77.6 cm³/mol. The van der Waals surface area contributed by atoms with Crippen LogP contribution in [0.1, 0.15) is 19.6 Å². The minimum Gasteiger partial charge on any atom is -0.490 e. The van der Waals surface area contributed by atoms with Gasteiger partial charge in [-0.25, -0.2) is 0 Å². The Morgan fingerprint density at radius 1 is 1.20 bits per heavy atom. The second-order valence-electron chi connectivity index (χ2n) is 4.25. The molecule has 1 aromatic carbocycles. The van der Waals surface area contributed by atoms with E-state index in [9.17, 15) is 4.79 Å². The Hall–Kier alpha value is -2.01. The highest BCUT2D eigenvalue weighted by atomic mass is 16.5. The fraction of sp³-hybridized carbons (Fsp3) is 0.400. The van der Waals surface area contributed by atoms with Crippen molar-refractivity contribution < 1.29 is 13.9 Å². The van der Waals surface area contributed by atoms with Crippen LogP contribution in [0.25, 0.3) is 11.0 Å². The van der Waals surface area contributed by atoms with E-state index in [0.29, 0.717) is 54.4 Å². The molecule has 2 rings (SSSR count). The summed E-state index contributed by atoms with van der Waals surface area (Å²) < 4.78 is 16.9. The smallest absolute Gasteiger partial charge is 0.204 e. The third-order valence-electron chi connectivity index (χ3n) is 2.85. The van der Waals surface area contributed by atoms with Crippen LogP contribution in [0.3, 0.4) is 0 Å². The molecular weight excluding hydrogens is 258 g/mol. The minimum absolute atomic E-state index is 0.0984. The van der Waals surface area contributed by atoms with Crippen molar-refractivity contribution in [1.29, 1.82) is 0 Å². The number of benzene rings is 1. The van der Waals surface area contributed by atoms with Crippen molar-refractivity contribution in [1.82, 2.24) is 0 Å². The Bertz CT molecular complexity index is 648. The molecule has 0 aliphatic heterocycles. The van der Waals surface area contributed by atoms with E-state index in [2.05, 4.69) is 0 Å². The molecule has 0 atom stereocenters. The van der Waals surface area contributed by atoms with Gasteiger partial charge in [0.05, 0.1) is 18.6 Å². The summed E-state index contributed by atoms with van der Waals surface area (Å²) >= 11 is 0. The van der Waals surface area contributed by atoms with Crippen LogP contribution in [0.2, 0.25) is 0 Å². The van der Waals surface area contributed by atoms with Crippen molar-refractivity contribution in [2.75, 3.05) is 19.8 Å². The van der Waals surface area contributed by atoms with E-state index in [-0.39, 0.29) is 5.43 Å². The van der Waals surface area contributed by atoms with E-state index in [1.54, 1.807) is 12.1 Å². The van der Waals surface area contributed by atoms with Crippen molar-refractivity contribution in [3.05, 3.63) is 34.2 Å². The van der Waals surface area contributed by atoms with Gasteiger partial charge in [0.2, 0.25) is 5.75 Å². The van der Waals surface area contributed by atoms with Gasteiger partial charge in [0.1, 0.15) is 5.76 Å². The van der Waals surface area contributed by atoms with Crippen LogP contribution in [-0.2, 0) is 6.42 Å². The first kappa shape index (κ1) is 14.4. The summed E-state index contributed by atoms with van der Waals surface area (Å²) in [6.07, 6.45) is 0.510. The lowest BCUT2D eigenvalue weighted by molar-refractivity contribution is 0.286. The first-order valence-corrected chi connectivity index (χ1v) is 6.76. The molecule has 0 fully saturated rings. The molecule has 0 radical (unpaired) electrons. The van der Waals surface area contributed by atoms with Crippen LogP contribution in [0, 0.1) is 0 Å². The van der Waals surface area contributed by atoms with Gasteiger partial charge in [-0.1, -0.05) is 0 Å². The molecule has 0 aliphatic rings. The minimum atomic E-state index is -0.0984. The molecule has 2 N–H and O–H groups in total. The summed E-state index contributed by atoms with van der Waals surface area (Å²) in [5.41, 5.74) is 5.84. The maximum absolute atomic E-state index is 12.1. The first-order chi connectivity index (χ1) is 9.71. The summed E-state index contributed by atoms with van der Waals surface area (Å²) in [6.45, 7) is 5.16. The summed E-state index contributed by atoms with van der Waals surface area (Å²) in [6, 6.07) is 4.91. The zero-order valence-corrected chi connectivity index (χ0v) is 11.8. The fourth-order valence-corrected chi connectivity index (χ4v) is 2.04. The largest absolute Gasteiger partial charge is 0.490 e. The van der Waals surface area contributed by atoms with Crippen LogP contribution in [0.4, 0.5) is 0 Å². The first-order valence-electron chi connectivity index (χ1n) is 6.76. The lowest BCUT2D eigenvalue weighted by Gasteiger charge is -2.13. The molecular formula is C15H19NO4. The van der Waals surface area contributed by atoms with Crippen LogP contribution < -0.4 is 20.6 Å². The van der Waals surface area contributed by atoms with Gasteiger partial charge in [-0.15, -0.1) is 0 Å². The van der Waals surface area contributed by atoms with Crippen molar-refractivity contribution >= 4 is 11.0 Å². The number of rotatable bonds is 6. The molecule has 5 nitrogen and oxygen atoms in total. The molecule has 0 unspecified atom stereocenters. The molecule has 0 saturated carbocycles. The third kappa shape index (κ3) is 2.77. The summed E-state index contributed by atoms with van der Waals surface area (Å²) in [4.78, 5) is 12.1. The van der Waals surface area contributed by atoms with Crippen LogP contribution in [0.15, 0.2) is 27.4 Å². The average molecular weight is 277 g/mol. The van der Waals surface area contributed by atoms with Crippen molar-refractivity contribution in [2.24, 2.45) is 5.73 Å². The van der Waals surface area contributed by atoms with Crippen molar-refractivity contribution in [3.8, 4) is 11.5 Å². The second-order valence-corrected chi connectivity index (χ2v) is 4.25. The zero-order chi connectivity index (χ0) is 14.5. The number of fused-ring (bicyclic) bond motifs is 1. The maximum atomic E-state index is 12.1. The maximum Gasteiger partial charge on any atom is 0.204 e. The lowest BCUT2D eigenvalue weighted by atomic mass is 10.2. The molecule has 0 aliphatic carbocycles. The Kier molecular flexibility index (Phi) is 4.63. The fourth-order valence-electron chi connectivity index (χ4n) is 2.04. The van der Waals surface area contributed by atoms with Crippen molar-refractivity contribution in [2.45, 2.75) is 20.3 Å². The van der Waals surface area contributed by atoms with Gasteiger partial charge in [0.15, 0.2) is 16.8 Å². The van der Waals surface area contributed by atoms with E-state index < -0.39 is 0 Å². The molecule has 0 amide bonds. The molecule has 0 saturated heterocycles. The standard InChI is InChI=1S/C15H19NO4/c1-3-18-13-6-5-11-12(17)9-10(7-8-16)20-14(11)15(13)19-4-2/h5-6,9H,3-4,7-8,16H2,1-2H3. The third-order valence-corrected chi connectivity index (χ3v) is 2.85. The van der Waals surface area contributed by atoms with E-state index in [1.165, 1.54) is 6.07 Å². The molecule has 5 heteroatoms. The van der Waals surface area contributed by atoms with Crippen LogP contribution in [0.5, 0.6) is 11.5 Å². The molecule has 1 heterocycles. The second kappa shape index (κ2) is 6.43. The molecule has 2 aromatic rings. The van der Waals surface area contributed by atoms with E-state index in [0.717, 1.165) is 0 Å². The normalized spacial score (nSPS) is 10.8. The van der Waals surface area contributed by atoms with E-state index in [4.69, 9.17) is 19.6 Å². The van der Waals surface area contributed by atoms with Gasteiger partial charge in [-0.3, -0.25) is 4.79 Å².